The average Bonchev–Trinajstić information content (AvgIpc) is 2.59. The van der Waals surface area contributed by atoms with Crippen molar-refractivity contribution < 1.29 is 72.3 Å². The summed E-state index contributed by atoms with van der Waals surface area (Å²) in [6.07, 6.45) is -9.90. The maximum atomic E-state index is 12.3. The van der Waals surface area contributed by atoms with Crippen LogP contribution in [0.1, 0.15) is 27.7 Å². The van der Waals surface area contributed by atoms with Crippen LogP contribution in [0.15, 0.2) is 0 Å². The molecule has 0 rings (SSSR count). The lowest BCUT2D eigenvalue weighted by atomic mass is 10.2. The van der Waals surface area contributed by atoms with E-state index in [9.17, 15) is 38.4 Å². The second-order valence-electron chi connectivity index (χ2n) is 5.54. The fourth-order valence-corrected chi connectivity index (χ4v) is 1.88. The number of esters is 6. The van der Waals surface area contributed by atoms with Gasteiger partial charge in [-0.2, -0.15) is 0 Å². The Labute approximate surface area is 173 Å². The number of rotatable bonds is 10. The molecule has 4 atom stereocenters. The summed E-state index contributed by atoms with van der Waals surface area (Å²) in [7, 11) is 0. The van der Waals surface area contributed by atoms with Crippen LogP contribution in [0.4, 0.5) is 0 Å². The van der Waals surface area contributed by atoms with Gasteiger partial charge in [0.25, 0.3) is 0 Å². The molecule has 0 aliphatic rings. The number of carbonyl (C=O) groups is 8. The molecule has 0 aromatic rings. The van der Waals surface area contributed by atoms with E-state index in [4.69, 9.17) is 10.2 Å². The van der Waals surface area contributed by atoms with E-state index in [2.05, 4.69) is 23.7 Å². The van der Waals surface area contributed by atoms with Crippen molar-refractivity contribution in [2.75, 3.05) is 0 Å². The first-order valence-electron chi connectivity index (χ1n) is 8.07. The molecule has 2 N–H and O–H groups in total. The third-order valence-corrected chi connectivity index (χ3v) is 2.87. The van der Waals surface area contributed by atoms with Gasteiger partial charge in [0.05, 0.1) is 0 Å². The number of ether oxygens (including phenoxy) is 5. The van der Waals surface area contributed by atoms with Crippen LogP contribution in [0.3, 0.4) is 0 Å². The summed E-state index contributed by atoms with van der Waals surface area (Å²) in [5.41, 5.74) is 0. The molecule has 4 unspecified atom stereocenters. The van der Waals surface area contributed by atoms with Crippen molar-refractivity contribution in [3.63, 3.8) is 0 Å². The van der Waals surface area contributed by atoms with Crippen molar-refractivity contribution in [2.45, 2.75) is 52.1 Å². The Balaban J connectivity index is 5.93. The molecule has 0 radical (unpaired) electrons. The van der Waals surface area contributed by atoms with E-state index in [1.165, 1.54) is 0 Å². The van der Waals surface area contributed by atoms with Gasteiger partial charge in [0.1, 0.15) is 0 Å². The molecule has 0 heterocycles. The number of hydrogen-bond donors (Lipinski definition) is 2. The predicted octanol–water partition coefficient (Wildman–Crippen LogP) is -2.05. The van der Waals surface area contributed by atoms with Crippen molar-refractivity contribution in [3.05, 3.63) is 0 Å². The second-order valence-corrected chi connectivity index (χ2v) is 5.54. The van der Waals surface area contributed by atoms with E-state index >= 15 is 0 Å². The van der Waals surface area contributed by atoms with E-state index in [0.717, 1.165) is 27.7 Å². The fourth-order valence-electron chi connectivity index (χ4n) is 1.88. The van der Waals surface area contributed by atoms with Crippen LogP contribution in [0.25, 0.3) is 0 Å². The maximum Gasteiger partial charge on any atom is 0.359 e. The van der Waals surface area contributed by atoms with Gasteiger partial charge in [-0.3, -0.25) is 19.2 Å². The van der Waals surface area contributed by atoms with Gasteiger partial charge < -0.3 is 33.9 Å². The summed E-state index contributed by atoms with van der Waals surface area (Å²) in [4.78, 5) is 91.6. The Kier molecular flexibility index (Phi) is 10.3. The second kappa shape index (κ2) is 11.8. The first kappa shape index (κ1) is 27.0. The largest absolute Gasteiger partial charge is 0.478 e. The molecule has 15 heteroatoms. The molecule has 0 aliphatic carbocycles. The van der Waals surface area contributed by atoms with Crippen molar-refractivity contribution in [1.29, 1.82) is 0 Å². The van der Waals surface area contributed by atoms with Gasteiger partial charge in [0.2, 0.25) is 24.4 Å². The molecule has 0 aliphatic heterocycles. The number of carbonyl (C=O) groups excluding carboxylic acids is 6. The van der Waals surface area contributed by atoms with Gasteiger partial charge in [0, 0.05) is 27.7 Å². The van der Waals surface area contributed by atoms with Gasteiger partial charge in [0.15, 0.2) is 0 Å². The Morgan fingerprint density at radius 2 is 0.710 bits per heavy atom. The highest BCUT2D eigenvalue weighted by Gasteiger charge is 2.46. The monoisotopic (exact) mass is 450 g/mol. The minimum Gasteiger partial charge on any atom is -0.478 e. The lowest BCUT2D eigenvalue weighted by molar-refractivity contribution is -0.198. The first-order valence-corrected chi connectivity index (χ1v) is 8.07. The summed E-state index contributed by atoms with van der Waals surface area (Å²) in [6.45, 7) is 3.03. The van der Waals surface area contributed by atoms with Crippen LogP contribution < -0.4 is 0 Å². The molecule has 172 valence electrons. The zero-order valence-corrected chi connectivity index (χ0v) is 16.5. The number of carboxylic acid groups (broad SMARTS) is 2. The van der Waals surface area contributed by atoms with Crippen LogP contribution in [0, 0.1) is 0 Å². The summed E-state index contributed by atoms with van der Waals surface area (Å²) < 4.78 is 21.9. The Hall–Kier alpha value is -4.04. The molecule has 0 saturated heterocycles. The molecule has 0 amide bonds. The lowest BCUT2D eigenvalue weighted by Crippen LogP contribution is -2.50. The van der Waals surface area contributed by atoms with Gasteiger partial charge in [-0.05, 0) is 0 Å². The summed E-state index contributed by atoms with van der Waals surface area (Å²) in [5.74, 6) is -12.7. The van der Waals surface area contributed by atoms with Gasteiger partial charge in [-0.25, -0.2) is 19.2 Å². The molecular formula is C16H18O15. The zero-order chi connectivity index (χ0) is 24.5. The normalized spacial score (nSPS) is 13.9. The highest BCUT2D eigenvalue weighted by Crippen LogP contribution is 2.13. The minimum absolute atomic E-state index is 0.748. The highest BCUT2D eigenvalue weighted by molar-refractivity contribution is 5.97. The van der Waals surface area contributed by atoms with E-state index in [1.807, 2.05) is 0 Å². The molecule has 0 aromatic heterocycles. The standard InChI is InChI=1S/C16H18O15/c1-5(17)27-9(13(21)22)11(29-7(3)19)15(25)31-16(26)12(30-8(4)20)10(14(23)24)28-6(2)18/h9-12H,1-4H3,(H,21,22)(H,23,24). The molecule has 15 nitrogen and oxygen atoms in total. The molecule has 0 aromatic carbocycles. The van der Waals surface area contributed by atoms with Crippen molar-refractivity contribution in [1.82, 2.24) is 0 Å². The molecular weight excluding hydrogens is 432 g/mol. The molecule has 0 saturated carbocycles. The zero-order valence-electron chi connectivity index (χ0n) is 16.5. The molecule has 0 spiro atoms. The van der Waals surface area contributed by atoms with Crippen molar-refractivity contribution in [3.8, 4) is 0 Å². The number of aliphatic carboxylic acids is 2. The Morgan fingerprint density at radius 1 is 0.484 bits per heavy atom. The van der Waals surface area contributed by atoms with Crippen molar-refractivity contribution >= 4 is 47.8 Å². The molecule has 31 heavy (non-hydrogen) atoms. The predicted molar refractivity (Wildman–Crippen MR) is 88.6 cm³/mol. The van der Waals surface area contributed by atoms with E-state index in [1.54, 1.807) is 0 Å². The summed E-state index contributed by atoms with van der Waals surface area (Å²) >= 11 is 0. The maximum absolute atomic E-state index is 12.3. The molecule has 0 bridgehead atoms. The van der Waals surface area contributed by atoms with Crippen LogP contribution in [-0.4, -0.2) is 82.4 Å². The summed E-state index contributed by atoms with van der Waals surface area (Å²) in [6, 6.07) is 0. The summed E-state index contributed by atoms with van der Waals surface area (Å²) in [5, 5.41) is 18.2. The fraction of sp³-hybridized carbons (Fsp3) is 0.500. The van der Waals surface area contributed by atoms with Gasteiger partial charge in [-0.1, -0.05) is 0 Å². The number of hydrogen-bond acceptors (Lipinski definition) is 13. The van der Waals surface area contributed by atoms with Gasteiger partial charge >= 0.3 is 47.8 Å². The van der Waals surface area contributed by atoms with Crippen LogP contribution in [0.2, 0.25) is 0 Å². The Morgan fingerprint density at radius 3 is 0.903 bits per heavy atom. The smallest absolute Gasteiger partial charge is 0.359 e. The topological polar surface area (TPSA) is 223 Å². The third-order valence-electron chi connectivity index (χ3n) is 2.87. The minimum atomic E-state index is -2.50. The number of carboxylic acids is 2. The highest BCUT2D eigenvalue weighted by atomic mass is 16.7. The Bertz CT molecular complexity index is 718. The quantitative estimate of drug-likeness (QED) is 0.207. The molecule has 0 fully saturated rings. The first-order chi connectivity index (χ1) is 14.2. The van der Waals surface area contributed by atoms with Gasteiger partial charge in [-0.15, -0.1) is 0 Å². The SMILES string of the molecule is CC(=O)OC(C(=O)O)C(OC(C)=O)C(=O)OC(=O)C(OC(C)=O)C(OC(C)=O)C(=O)O. The third kappa shape index (κ3) is 9.33. The van der Waals surface area contributed by atoms with E-state index < -0.39 is 72.2 Å². The van der Waals surface area contributed by atoms with E-state index in [0.29, 0.717) is 0 Å². The average molecular weight is 450 g/mol. The van der Waals surface area contributed by atoms with Crippen LogP contribution in [0.5, 0.6) is 0 Å². The van der Waals surface area contributed by atoms with Crippen molar-refractivity contribution in [2.24, 2.45) is 0 Å². The van der Waals surface area contributed by atoms with E-state index in [-0.39, 0.29) is 0 Å². The van der Waals surface area contributed by atoms with Crippen LogP contribution >= 0.6 is 0 Å². The lowest BCUT2D eigenvalue weighted by Gasteiger charge is -2.24. The van der Waals surface area contributed by atoms with Crippen LogP contribution in [-0.2, 0) is 62.0 Å².